The molecule has 0 spiro atoms. The second-order valence-corrected chi connectivity index (χ2v) is 5.82. The highest BCUT2D eigenvalue weighted by atomic mass is 79.9. The van der Waals surface area contributed by atoms with Crippen LogP contribution in [0, 0.1) is 11.2 Å². The monoisotopic (exact) mass is 329 g/mol. The minimum Gasteiger partial charge on any atom is -0.385 e. The molecule has 1 aromatic rings. The number of hydrogen-bond donors (Lipinski definition) is 1. The molecule has 1 aliphatic carbocycles. The molecule has 0 atom stereocenters. The summed E-state index contributed by atoms with van der Waals surface area (Å²) in [5.41, 5.74) is 0.522. The zero-order valence-electron chi connectivity index (χ0n) is 10.8. The van der Waals surface area contributed by atoms with Crippen molar-refractivity contribution in [2.75, 3.05) is 20.3 Å². The first-order chi connectivity index (χ1) is 9.08. The molecule has 5 heteroatoms. The van der Waals surface area contributed by atoms with Crippen molar-refractivity contribution in [1.29, 1.82) is 0 Å². The summed E-state index contributed by atoms with van der Waals surface area (Å²) in [6.45, 7) is 1.33. The van der Waals surface area contributed by atoms with Crippen molar-refractivity contribution in [3.63, 3.8) is 0 Å². The number of amides is 1. The summed E-state index contributed by atoms with van der Waals surface area (Å²) in [6, 6.07) is 4.46. The average Bonchev–Trinajstić information content (AvgIpc) is 3.17. The van der Waals surface area contributed by atoms with Gasteiger partial charge in [0.25, 0.3) is 5.91 Å². The Kier molecular flexibility index (Phi) is 4.58. The van der Waals surface area contributed by atoms with Crippen LogP contribution in [0.4, 0.5) is 4.39 Å². The van der Waals surface area contributed by atoms with E-state index in [0.717, 1.165) is 19.3 Å². The minimum atomic E-state index is -0.423. The van der Waals surface area contributed by atoms with Crippen LogP contribution in [0.3, 0.4) is 0 Å². The van der Waals surface area contributed by atoms with Gasteiger partial charge < -0.3 is 10.1 Å². The third kappa shape index (κ3) is 3.54. The van der Waals surface area contributed by atoms with Crippen molar-refractivity contribution in [3.05, 3.63) is 34.1 Å². The van der Waals surface area contributed by atoms with Gasteiger partial charge in [-0.25, -0.2) is 4.39 Å². The molecule has 1 aliphatic rings. The molecule has 0 radical (unpaired) electrons. The molecule has 19 heavy (non-hydrogen) atoms. The first-order valence-corrected chi connectivity index (χ1v) is 7.08. The summed E-state index contributed by atoms with van der Waals surface area (Å²) in [5, 5.41) is 2.89. The second kappa shape index (κ2) is 6.01. The molecule has 0 heterocycles. The number of ether oxygens (including phenoxy) is 1. The lowest BCUT2D eigenvalue weighted by molar-refractivity contribution is 0.0936. The number of rotatable bonds is 6. The number of carbonyl (C=O) groups is 1. The predicted molar refractivity (Wildman–Crippen MR) is 74.6 cm³/mol. The summed E-state index contributed by atoms with van der Waals surface area (Å²) in [6.07, 6.45) is 3.18. The third-order valence-electron chi connectivity index (χ3n) is 3.61. The van der Waals surface area contributed by atoms with Crippen LogP contribution in [0.1, 0.15) is 29.6 Å². The maximum absolute atomic E-state index is 13.3. The molecule has 1 fully saturated rings. The summed E-state index contributed by atoms with van der Waals surface area (Å²) in [4.78, 5) is 12.0. The molecule has 1 saturated carbocycles. The van der Waals surface area contributed by atoms with Crippen LogP contribution in [0.25, 0.3) is 0 Å². The lowest BCUT2D eigenvalue weighted by Crippen LogP contribution is -2.31. The SMILES string of the molecule is COCCC1(CNC(=O)c2cccc(F)c2Br)CC1. The van der Waals surface area contributed by atoms with Gasteiger partial charge in [-0.2, -0.15) is 0 Å². The zero-order chi connectivity index (χ0) is 13.9. The Bertz CT molecular complexity index is 475. The fourth-order valence-electron chi connectivity index (χ4n) is 2.05. The van der Waals surface area contributed by atoms with E-state index in [1.807, 2.05) is 0 Å². The van der Waals surface area contributed by atoms with Crippen LogP contribution in [-0.4, -0.2) is 26.2 Å². The van der Waals surface area contributed by atoms with Crippen molar-refractivity contribution >= 4 is 21.8 Å². The number of nitrogens with one attached hydrogen (secondary N) is 1. The van der Waals surface area contributed by atoms with Crippen LogP contribution in [-0.2, 0) is 4.74 Å². The smallest absolute Gasteiger partial charge is 0.252 e. The quantitative estimate of drug-likeness (QED) is 0.870. The highest BCUT2D eigenvalue weighted by Gasteiger charge is 2.42. The Morgan fingerprint density at radius 2 is 2.26 bits per heavy atom. The summed E-state index contributed by atoms with van der Waals surface area (Å²) in [7, 11) is 1.68. The molecular formula is C14H17BrFNO2. The summed E-state index contributed by atoms with van der Waals surface area (Å²) < 4.78 is 18.6. The van der Waals surface area contributed by atoms with Crippen LogP contribution < -0.4 is 5.32 Å². The molecule has 104 valence electrons. The zero-order valence-corrected chi connectivity index (χ0v) is 12.4. The van der Waals surface area contributed by atoms with Gasteiger partial charge in [0.15, 0.2) is 0 Å². The molecule has 3 nitrogen and oxygen atoms in total. The van der Waals surface area contributed by atoms with Crippen LogP contribution in [0.2, 0.25) is 0 Å². The number of hydrogen-bond acceptors (Lipinski definition) is 2. The Morgan fingerprint density at radius 3 is 2.89 bits per heavy atom. The molecule has 0 unspecified atom stereocenters. The van der Waals surface area contributed by atoms with Gasteiger partial charge in [-0.05, 0) is 52.7 Å². The maximum Gasteiger partial charge on any atom is 0.252 e. The Balaban J connectivity index is 1.93. The maximum atomic E-state index is 13.3. The van der Waals surface area contributed by atoms with Crippen LogP contribution >= 0.6 is 15.9 Å². The number of methoxy groups -OCH3 is 1. The fraction of sp³-hybridized carbons (Fsp3) is 0.500. The minimum absolute atomic E-state index is 0.186. The topological polar surface area (TPSA) is 38.3 Å². The normalized spacial score (nSPS) is 16.2. The number of halogens is 2. The van der Waals surface area contributed by atoms with Gasteiger partial charge >= 0.3 is 0 Å². The molecule has 0 saturated heterocycles. The van der Waals surface area contributed by atoms with Gasteiger partial charge in [0.2, 0.25) is 0 Å². The molecule has 1 amide bonds. The lowest BCUT2D eigenvalue weighted by Gasteiger charge is -2.15. The van der Waals surface area contributed by atoms with Crippen molar-refractivity contribution in [1.82, 2.24) is 5.32 Å². The highest BCUT2D eigenvalue weighted by Crippen LogP contribution is 2.48. The number of benzene rings is 1. The summed E-state index contributed by atoms with van der Waals surface area (Å²) >= 11 is 3.10. The molecule has 2 rings (SSSR count). The molecule has 0 aromatic heterocycles. The van der Waals surface area contributed by atoms with Gasteiger partial charge in [0.05, 0.1) is 10.0 Å². The summed E-state index contributed by atoms with van der Waals surface area (Å²) in [5.74, 6) is -0.664. The van der Waals surface area contributed by atoms with Crippen molar-refractivity contribution in [3.8, 4) is 0 Å². The van der Waals surface area contributed by atoms with Gasteiger partial charge in [-0.15, -0.1) is 0 Å². The van der Waals surface area contributed by atoms with Gasteiger partial charge in [-0.3, -0.25) is 4.79 Å². The number of carbonyl (C=O) groups excluding carboxylic acids is 1. The Labute approximate surface area is 120 Å². The largest absolute Gasteiger partial charge is 0.385 e. The second-order valence-electron chi connectivity index (χ2n) is 5.03. The van der Waals surface area contributed by atoms with Gasteiger partial charge in [0, 0.05) is 20.3 Å². The molecule has 0 bridgehead atoms. The average molecular weight is 330 g/mol. The van der Waals surface area contributed by atoms with E-state index < -0.39 is 5.82 Å². The Morgan fingerprint density at radius 1 is 1.53 bits per heavy atom. The van der Waals surface area contributed by atoms with E-state index >= 15 is 0 Å². The van der Waals surface area contributed by atoms with Gasteiger partial charge in [-0.1, -0.05) is 6.07 Å². The lowest BCUT2D eigenvalue weighted by atomic mass is 10.0. The third-order valence-corrected chi connectivity index (χ3v) is 4.42. The fourth-order valence-corrected chi connectivity index (χ4v) is 2.50. The molecule has 1 N–H and O–H groups in total. The Hall–Kier alpha value is -0.940. The van der Waals surface area contributed by atoms with Crippen molar-refractivity contribution in [2.24, 2.45) is 5.41 Å². The molecular weight excluding hydrogens is 313 g/mol. The standard InChI is InChI=1S/C14H17BrFNO2/c1-19-8-7-14(5-6-14)9-17-13(18)10-3-2-4-11(16)12(10)15/h2-4H,5-9H2,1H3,(H,17,18). The predicted octanol–water partition coefficient (Wildman–Crippen LogP) is 3.13. The van der Waals surface area contributed by atoms with Crippen LogP contribution in [0.5, 0.6) is 0 Å². The molecule has 1 aromatic carbocycles. The van der Waals surface area contributed by atoms with E-state index in [1.54, 1.807) is 13.2 Å². The van der Waals surface area contributed by atoms with Crippen molar-refractivity contribution in [2.45, 2.75) is 19.3 Å². The van der Waals surface area contributed by atoms with E-state index in [2.05, 4.69) is 21.2 Å². The van der Waals surface area contributed by atoms with E-state index in [4.69, 9.17) is 4.74 Å². The van der Waals surface area contributed by atoms with E-state index in [0.29, 0.717) is 18.7 Å². The van der Waals surface area contributed by atoms with Crippen LogP contribution in [0.15, 0.2) is 22.7 Å². The molecule has 0 aliphatic heterocycles. The highest BCUT2D eigenvalue weighted by molar-refractivity contribution is 9.10. The van der Waals surface area contributed by atoms with E-state index in [1.165, 1.54) is 12.1 Å². The first-order valence-electron chi connectivity index (χ1n) is 6.29. The van der Waals surface area contributed by atoms with Gasteiger partial charge in [0.1, 0.15) is 5.82 Å². The van der Waals surface area contributed by atoms with Crippen molar-refractivity contribution < 1.29 is 13.9 Å². The van der Waals surface area contributed by atoms with E-state index in [9.17, 15) is 9.18 Å². The van der Waals surface area contributed by atoms with E-state index in [-0.39, 0.29) is 15.8 Å². The first kappa shape index (κ1) is 14.5.